The Morgan fingerprint density at radius 1 is 1.37 bits per heavy atom. The molecule has 0 N–H and O–H groups in total. The lowest BCUT2D eigenvalue weighted by atomic mass is 9.96. The number of ketones is 1. The fraction of sp³-hybridized carbons (Fsp3) is 0.176. The molecule has 2 rings (SSSR count). The van der Waals surface area contributed by atoms with Crippen molar-refractivity contribution in [2.24, 2.45) is 0 Å². The smallest absolute Gasteiger partial charge is 0.198 e. The summed E-state index contributed by atoms with van der Waals surface area (Å²) in [6.45, 7) is 11.3. The fourth-order valence-corrected chi connectivity index (χ4v) is 2.31. The van der Waals surface area contributed by atoms with Crippen LogP contribution in [0.15, 0.2) is 42.5 Å². The first kappa shape index (κ1) is 13.0. The fourth-order valence-electron chi connectivity index (χ4n) is 2.31. The van der Waals surface area contributed by atoms with Crippen LogP contribution < -0.4 is 0 Å². The number of carbonyl (C=O) groups excluding carboxylic acids is 1. The molecule has 1 aliphatic rings. The van der Waals surface area contributed by atoms with E-state index < -0.39 is 0 Å². The Labute approximate surface area is 113 Å². The molecular weight excluding hydrogens is 234 g/mol. The van der Waals surface area contributed by atoms with Gasteiger partial charge in [0.05, 0.1) is 0 Å². The number of nitrogens with zero attached hydrogens (tertiary/aromatic N) is 1. The zero-order valence-electron chi connectivity index (χ0n) is 11.2. The largest absolute Gasteiger partial charge is 0.288 e. The van der Waals surface area contributed by atoms with Crippen LogP contribution in [0.25, 0.3) is 11.1 Å². The van der Waals surface area contributed by atoms with Gasteiger partial charge in [0.25, 0.3) is 0 Å². The van der Waals surface area contributed by atoms with Crippen molar-refractivity contribution in [3.8, 4) is 6.07 Å². The molecule has 1 aliphatic carbocycles. The van der Waals surface area contributed by atoms with Crippen molar-refractivity contribution in [3.05, 3.63) is 59.2 Å². The van der Waals surface area contributed by atoms with Gasteiger partial charge in [0.1, 0.15) is 11.6 Å². The Bertz CT molecular complexity index is 684. The Balaban J connectivity index is 2.68. The van der Waals surface area contributed by atoms with E-state index in [4.69, 9.17) is 0 Å². The third-order valence-corrected chi connectivity index (χ3v) is 3.30. The highest BCUT2D eigenvalue weighted by Crippen LogP contribution is 2.41. The quantitative estimate of drug-likeness (QED) is 0.590. The van der Waals surface area contributed by atoms with Gasteiger partial charge in [-0.25, -0.2) is 0 Å². The van der Waals surface area contributed by atoms with Crippen molar-refractivity contribution in [1.29, 1.82) is 5.26 Å². The minimum absolute atomic E-state index is 0.191. The first-order chi connectivity index (χ1) is 8.95. The minimum Gasteiger partial charge on any atom is -0.288 e. The summed E-state index contributed by atoms with van der Waals surface area (Å²) in [5.41, 5.74) is 5.43. The van der Waals surface area contributed by atoms with Gasteiger partial charge >= 0.3 is 0 Å². The third-order valence-electron chi connectivity index (χ3n) is 3.30. The number of hydrogen-bond donors (Lipinski definition) is 0. The molecule has 0 bridgehead atoms. The lowest BCUT2D eigenvalue weighted by Crippen LogP contribution is -2.04. The van der Waals surface area contributed by atoms with Crippen LogP contribution in [0.2, 0.25) is 0 Å². The molecule has 0 saturated carbocycles. The zero-order chi connectivity index (χ0) is 14.2. The number of allylic oxidation sites excluding steroid dienone is 4. The van der Waals surface area contributed by atoms with Crippen LogP contribution in [0.4, 0.5) is 0 Å². The van der Waals surface area contributed by atoms with E-state index in [1.165, 1.54) is 0 Å². The van der Waals surface area contributed by atoms with Gasteiger partial charge in [-0.1, -0.05) is 36.9 Å². The third kappa shape index (κ3) is 2.15. The highest BCUT2D eigenvalue weighted by molar-refractivity contribution is 6.17. The summed E-state index contributed by atoms with van der Waals surface area (Å²) < 4.78 is 0. The Kier molecular flexibility index (Phi) is 3.23. The SMILES string of the molecule is C=C(C)C(=O)/C(C#N)=C1\CC(=C)c2cc(C)ccc21. The van der Waals surface area contributed by atoms with Crippen molar-refractivity contribution in [2.75, 3.05) is 0 Å². The number of nitriles is 1. The lowest BCUT2D eigenvalue weighted by Gasteiger charge is -2.05. The molecule has 0 aliphatic heterocycles. The molecule has 0 atom stereocenters. The Morgan fingerprint density at radius 3 is 2.63 bits per heavy atom. The molecule has 94 valence electrons. The van der Waals surface area contributed by atoms with Crippen LogP contribution in [0.5, 0.6) is 0 Å². The van der Waals surface area contributed by atoms with Crippen LogP contribution >= 0.6 is 0 Å². The number of rotatable bonds is 2. The van der Waals surface area contributed by atoms with Gasteiger partial charge in [-0.05, 0) is 48.1 Å². The van der Waals surface area contributed by atoms with E-state index in [9.17, 15) is 10.1 Å². The molecule has 0 saturated heterocycles. The minimum atomic E-state index is -0.279. The van der Waals surface area contributed by atoms with Gasteiger partial charge < -0.3 is 0 Å². The van der Waals surface area contributed by atoms with E-state index in [0.29, 0.717) is 12.0 Å². The first-order valence-electron chi connectivity index (χ1n) is 6.08. The second kappa shape index (κ2) is 4.70. The second-order valence-electron chi connectivity index (χ2n) is 4.90. The monoisotopic (exact) mass is 249 g/mol. The average Bonchev–Trinajstić information content (AvgIpc) is 2.67. The summed E-state index contributed by atoms with van der Waals surface area (Å²) >= 11 is 0. The summed E-state index contributed by atoms with van der Waals surface area (Å²) in [5.74, 6) is -0.279. The van der Waals surface area contributed by atoms with Crippen molar-refractivity contribution in [2.45, 2.75) is 20.3 Å². The van der Waals surface area contributed by atoms with E-state index in [0.717, 1.165) is 27.8 Å². The summed E-state index contributed by atoms with van der Waals surface area (Å²) in [4.78, 5) is 12.0. The predicted molar refractivity (Wildman–Crippen MR) is 77.2 cm³/mol. The molecular formula is C17H15NO. The van der Waals surface area contributed by atoms with Crippen LogP contribution in [-0.4, -0.2) is 5.78 Å². The first-order valence-corrected chi connectivity index (χ1v) is 6.08. The van der Waals surface area contributed by atoms with Gasteiger partial charge in [0.15, 0.2) is 5.78 Å². The van der Waals surface area contributed by atoms with Crippen molar-refractivity contribution in [1.82, 2.24) is 0 Å². The number of fused-ring (bicyclic) bond motifs is 1. The maximum atomic E-state index is 12.0. The van der Waals surface area contributed by atoms with Gasteiger partial charge in [-0.3, -0.25) is 4.79 Å². The van der Waals surface area contributed by atoms with Crippen molar-refractivity contribution < 1.29 is 4.79 Å². The number of aryl methyl sites for hydroxylation is 1. The van der Waals surface area contributed by atoms with E-state index in [-0.39, 0.29) is 11.4 Å². The van der Waals surface area contributed by atoms with E-state index in [1.807, 2.05) is 31.2 Å². The Morgan fingerprint density at radius 2 is 2.05 bits per heavy atom. The maximum absolute atomic E-state index is 12.0. The van der Waals surface area contributed by atoms with E-state index in [1.54, 1.807) is 6.92 Å². The molecule has 1 aromatic carbocycles. The number of Topliss-reactive ketones (excluding diaryl/α,β-unsaturated/α-hetero) is 1. The molecule has 0 radical (unpaired) electrons. The van der Waals surface area contributed by atoms with Gasteiger partial charge in [-0.2, -0.15) is 5.26 Å². The molecule has 1 aromatic rings. The maximum Gasteiger partial charge on any atom is 0.198 e. The number of hydrogen-bond acceptors (Lipinski definition) is 2. The Hall–Kier alpha value is -2.40. The van der Waals surface area contributed by atoms with Gasteiger partial charge in [-0.15, -0.1) is 0 Å². The summed E-state index contributed by atoms with van der Waals surface area (Å²) in [6.07, 6.45) is 0.556. The summed E-state index contributed by atoms with van der Waals surface area (Å²) in [7, 11) is 0. The standard InChI is InChI=1S/C17H15NO/c1-10(2)17(19)16(9-18)15-8-12(4)14-7-11(3)5-6-13(14)15/h5-7H,1,4,8H2,2-3H3/b16-15+. The molecule has 0 heterocycles. The van der Waals surface area contributed by atoms with Crippen molar-refractivity contribution >= 4 is 16.9 Å². The average molecular weight is 249 g/mol. The van der Waals surface area contributed by atoms with Crippen LogP contribution in [0.1, 0.15) is 30.0 Å². The van der Waals surface area contributed by atoms with Crippen LogP contribution in [0, 0.1) is 18.3 Å². The van der Waals surface area contributed by atoms with Crippen LogP contribution in [0.3, 0.4) is 0 Å². The highest BCUT2D eigenvalue weighted by Gasteiger charge is 2.25. The second-order valence-corrected chi connectivity index (χ2v) is 4.90. The summed E-state index contributed by atoms with van der Waals surface area (Å²) in [6, 6.07) is 8.02. The normalized spacial score (nSPS) is 15.7. The molecule has 0 unspecified atom stereocenters. The number of benzene rings is 1. The molecule has 0 spiro atoms. The molecule has 0 amide bonds. The number of carbonyl (C=O) groups is 1. The van der Waals surface area contributed by atoms with Gasteiger partial charge in [0, 0.05) is 0 Å². The van der Waals surface area contributed by atoms with Crippen molar-refractivity contribution in [3.63, 3.8) is 0 Å². The summed E-state index contributed by atoms with van der Waals surface area (Å²) in [5, 5.41) is 9.27. The zero-order valence-corrected chi connectivity index (χ0v) is 11.2. The molecule has 2 nitrogen and oxygen atoms in total. The van der Waals surface area contributed by atoms with E-state index in [2.05, 4.69) is 13.2 Å². The topological polar surface area (TPSA) is 40.9 Å². The lowest BCUT2D eigenvalue weighted by molar-refractivity contribution is -0.111. The predicted octanol–water partition coefficient (Wildman–Crippen LogP) is 3.83. The van der Waals surface area contributed by atoms with Crippen LogP contribution in [-0.2, 0) is 4.79 Å². The highest BCUT2D eigenvalue weighted by atomic mass is 16.1. The van der Waals surface area contributed by atoms with E-state index >= 15 is 0 Å². The van der Waals surface area contributed by atoms with Gasteiger partial charge in [0.2, 0.25) is 0 Å². The molecule has 0 aromatic heterocycles. The molecule has 19 heavy (non-hydrogen) atoms. The molecule has 0 fully saturated rings. The molecule has 2 heteroatoms.